The third-order valence-electron chi connectivity index (χ3n) is 0.972. The minimum atomic E-state index is -0.473. The maximum absolute atomic E-state index is 10.1. The van der Waals surface area contributed by atoms with Crippen LogP contribution in [0.4, 0.5) is 4.79 Å². The molecule has 0 saturated heterocycles. The van der Waals surface area contributed by atoms with Crippen molar-refractivity contribution in [1.29, 1.82) is 0 Å². The van der Waals surface area contributed by atoms with Gasteiger partial charge in [-0.1, -0.05) is 6.92 Å². The Morgan fingerprint density at radius 2 is 2.38 bits per heavy atom. The fourth-order valence-electron chi connectivity index (χ4n) is 0.296. The maximum atomic E-state index is 10.1. The first kappa shape index (κ1) is 7.76. The number of carbonyl (C=O) groups excluding carboxylic acids is 1. The van der Waals surface area contributed by atoms with Crippen molar-refractivity contribution in [1.82, 2.24) is 5.32 Å². The Bertz CT molecular complexity index is 84.5. The molecule has 1 N–H and O–H groups in total. The van der Waals surface area contributed by atoms with E-state index >= 15 is 0 Å². The maximum Gasteiger partial charge on any atom is 0.313 e. The third-order valence-corrected chi connectivity index (χ3v) is 1.08. The van der Waals surface area contributed by atoms with Gasteiger partial charge in [-0.15, -0.1) is 0 Å². The highest BCUT2D eigenvalue weighted by atomic mass is 35.5. The predicted molar refractivity (Wildman–Crippen MR) is 34.1 cm³/mol. The van der Waals surface area contributed by atoms with Gasteiger partial charge in [-0.25, -0.2) is 0 Å². The largest absolute Gasteiger partial charge is 0.340 e. The number of amides is 1. The smallest absolute Gasteiger partial charge is 0.313 e. The highest BCUT2D eigenvalue weighted by molar-refractivity contribution is 6.62. The van der Waals surface area contributed by atoms with Crippen LogP contribution in [0.2, 0.25) is 0 Å². The number of hydrogen-bond donors (Lipinski definition) is 1. The van der Waals surface area contributed by atoms with Crippen molar-refractivity contribution in [3.8, 4) is 0 Å². The van der Waals surface area contributed by atoms with E-state index in [1.165, 1.54) is 0 Å². The fraction of sp³-hybridized carbons (Fsp3) is 0.800. The second-order valence-electron chi connectivity index (χ2n) is 1.73. The molecule has 0 aromatic carbocycles. The van der Waals surface area contributed by atoms with Crippen molar-refractivity contribution in [3.63, 3.8) is 0 Å². The monoisotopic (exact) mass is 135 g/mol. The Hall–Kier alpha value is -0.240. The first-order valence-corrected chi connectivity index (χ1v) is 3.00. The van der Waals surface area contributed by atoms with Crippen LogP contribution in [0.25, 0.3) is 0 Å². The minimum Gasteiger partial charge on any atom is -0.340 e. The van der Waals surface area contributed by atoms with Gasteiger partial charge in [0.1, 0.15) is 0 Å². The van der Waals surface area contributed by atoms with Crippen LogP contribution in [0.1, 0.15) is 20.3 Å². The molecule has 0 aromatic heterocycles. The molecule has 0 spiro atoms. The van der Waals surface area contributed by atoms with Crippen molar-refractivity contribution in [2.75, 3.05) is 0 Å². The lowest BCUT2D eigenvalue weighted by Crippen LogP contribution is -2.26. The van der Waals surface area contributed by atoms with Crippen LogP contribution < -0.4 is 5.32 Å². The SMILES string of the molecule is CCC(C)NC(=O)Cl. The van der Waals surface area contributed by atoms with Gasteiger partial charge in [0, 0.05) is 6.04 Å². The van der Waals surface area contributed by atoms with E-state index in [-0.39, 0.29) is 6.04 Å². The van der Waals surface area contributed by atoms with Gasteiger partial charge in [0.25, 0.3) is 0 Å². The average Bonchev–Trinajstić information content (AvgIpc) is 1.65. The first-order valence-electron chi connectivity index (χ1n) is 2.62. The molecule has 0 bridgehead atoms. The van der Waals surface area contributed by atoms with Crippen molar-refractivity contribution in [2.45, 2.75) is 26.3 Å². The zero-order valence-electron chi connectivity index (χ0n) is 5.07. The van der Waals surface area contributed by atoms with Crippen LogP contribution in [0.15, 0.2) is 0 Å². The highest BCUT2D eigenvalue weighted by Crippen LogP contribution is 1.88. The molecule has 0 aliphatic carbocycles. The van der Waals surface area contributed by atoms with Crippen LogP contribution in [0.5, 0.6) is 0 Å². The molecule has 3 heteroatoms. The molecule has 0 heterocycles. The van der Waals surface area contributed by atoms with Gasteiger partial charge in [0.2, 0.25) is 0 Å². The van der Waals surface area contributed by atoms with E-state index in [9.17, 15) is 4.79 Å². The molecule has 8 heavy (non-hydrogen) atoms. The van der Waals surface area contributed by atoms with Crippen molar-refractivity contribution < 1.29 is 4.79 Å². The molecule has 1 amide bonds. The van der Waals surface area contributed by atoms with Crippen LogP contribution in [-0.2, 0) is 0 Å². The van der Waals surface area contributed by atoms with E-state index < -0.39 is 5.37 Å². The summed E-state index contributed by atoms with van der Waals surface area (Å²) < 4.78 is 0. The number of hydrogen-bond acceptors (Lipinski definition) is 1. The lowest BCUT2D eigenvalue weighted by molar-refractivity contribution is 0.257. The van der Waals surface area contributed by atoms with Gasteiger partial charge < -0.3 is 5.32 Å². The fourth-order valence-corrected chi connectivity index (χ4v) is 0.482. The molecule has 0 aromatic rings. The standard InChI is InChI=1S/C5H10ClNO/c1-3-4(2)7-5(6)8/h4H,3H2,1-2H3,(H,7,8). The summed E-state index contributed by atoms with van der Waals surface area (Å²) in [6.07, 6.45) is 0.915. The van der Waals surface area contributed by atoms with Crippen LogP contribution in [-0.4, -0.2) is 11.4 Å². The lowest BCUT2D eigenvalue weighted by Gasteiger charge is -2.05. The first-order chi connectivity index (χ1) is 3.66. The van der Waals surface area contributed by atoms with Gasteiger partial charge in [0.15, 0.2) is 0 Å². The summed E-state index contributed by atoms with van der Waals surface area (Å²) >= 11 is 5.00. The molecule has 0 saturated carbocycles. The van der Waals surface area contributed by atoms with E-state index in [2.05, 4.69) is 5.32 Å². The molecule has 0 fully saturated rings. The van der Waals surface area contributed by atoms with E-state index in [0.717, 1.165) is 6.42 Å². The topological polar surface area (TPSA) is 29.1 Å². The van der Waals surface area contributed by atoms with E-state index in [1.807, 2.05) is 13.8 Å². The molecule has 0 aliphatic rings. The van der Waals surface area contributed by atoms with Gasteiger partial charge in [0.05, 0.1) is 0 Å². The van der Waals surface area contributed by atoms with Gasteiger partial charge in [-0.05, 0) is 24.9 Å². The van der Waals surface area contributed by atoms with Crippen molar-refractivity contribution >= 4 is 17.0 Å². The Labute approximate surface area is 54.2 Å². The molecular weight excluding hydrogens is 126 g/mol. The summed E-state index contributed by atoms with van der Waals surface area (Å²) in [6, 6.07) is 0.194. The Kier molecular flexibility index (Phi) is 3.61. The minimum absolute atomic E-state index is 0.194. The quantitative estimate of drug-likeness (QED) is 0.454. The van der Waals surface area contributed by atoms with E-state index in [4.69, 9.17) is 11.6 Å². The molecule has 0 aliphatic heterocycles. The Morgan fingerprint density at radius 3 is 2.50 bits per heavy atom. The molecule has 1 atom stereocenters. The molecular formula is C5H10ClNO. The van der Waals surface area contributed by atoms with E-state index in [0.29, 0.717) is 0 Å². The number of nitrogens with one attached hydrogen (secondary N) is 1. The zero-order chi connectivity index (χ0) is 6.57. The molecule has 1 unspecified atom stereocenters. The number of carbonyl (C=O) groups is 1. The molecule has 0 rings (SSSR count). The van der Waals surface area contributed by atoms with Crippen molar-refractivity contribution in [2.24, 2.45) is 0 Å². The van der Waals surface area contributed by atoms with Gasteiger partial charge in [-0.3, -0.25) is 4.79 Å². The average molecular weight is 136 g/mol. The second-order valence-corrected chi connectivity index (χ2v) is 2.07. The summed E-state index contributed by atoms with van der Waals surface area (Å²) in [5.41, 5.74) is 0. The molecule has 2 nitrogen and oxygen atoms in total. The summed E-state index contributed by atoms with van der Waals surface area (Å²) in [7, 11) is 0. The summed E-state index contributed by atoms with van der Waals surface area (Å²) in [4.78, 5) is 10.1. The van der Waals surface area contributed by atoms with Crippen LogP contribution >= 0.6 is 11.6 Å². The zero-order valence-corrected chi connectivity index (χ0v) is 5.83. The number of halogens is 1. The third kappa shape index (κ3) is 3.93. The van der Waals surface area contributed by atoms with Gasteiger partial charge >= 0.3 is 5.37 Å². The molecule has 48 valence electrons. The summed E-state index contributed by atoms with van der Waals surface area (Å²) in [5, 5.41) is 2.05. The van der Waals surface area contributed by atoms with Gasteiger partial charge in [-0.2, -0.15) is 0 Å². The lowest BCUT2D eigenvalue weighted by atomic mass is 10.3. The van der Waals surface area contributed by atoms with Crippen LogP contribution in [0.3, 0.4) is 0 Å². The van der Waals surface area contributed by atoms with Crippen LogP contribution in [0, 0.1) is 0 Å². The molecule has 0 radical (unpaired) electrons. The highest BCUT2D eigenvalue weighted by Gasteiger charge is 1.98. The number of rotatable bonds is 2. The van der Waals surface area contributed by atoms with Crippen molar-refractivity contribution in [3.05, 3.63) is 0 Å². The summed E-state index contributed by atoms with van der Waals surface area (Å²) in [6.45, 7) is 3.89. The second kappa shape index (κ2) is 3.72. The normalized spacial score (nSPS) is 12.9. The van der Waals surface area contributed by atoms with E-state index in [1.54, 1.807) is 0 Å². The summed E-state index contributed by atoms with van der Waals surface area (Å²) in [5.74, 6) is 0. The predicted octanol–water partition coefficient (Wildman–Crippen LogP) is 1.73. The Morgan fingerprint density at radius 1 is 1.88 bits per heavy atom. The Balaban J connectivity index is 3.24.